The van der Waals surface area contributed by atoms with Gasteiger partial charge >= 0.3 is 0 Å². The molecule has 1 aliphatic rings. The number of rotatable bonds is 2. The summed E-state index contributed by atoms with van der Waals surface area (Å²) in [4.78, 5) is 13.6. The van der Waals surface area contributed by atoms with Crippen molar-refractivity contribution >= 4 is 22.4 Å². The van der Waals surface area contributed by atoms with E-state index in [1.54, 1.807) is 6.33 Å². The number of anilines is 2. The number of piperazine rings is 1. The largest absolute Gasteiger partial charge is 0.399 e. The van der Waals surface area contributed by atoms with Gasteiger partial charge in [0.25, 0.3) is 0 Å². The van der Waals surface area contributed by atoms with Crippen LogP contribution in [-0.4, -0.2) is 47.6 Å². The maximum atomic E-state index is 5.83. The third kappa shape index (κ3) is 2.29. The van der Waals surface area contributed by atoms with Crippen molar-refractivity contribution < 1.29 is 0 Å². The highest BCUT2D eigenvalue weighted by molar-refractivity contribution is 5.91. The van der Waals surface area contributed by atoms with Gasteiger partial charge in [0.1, 0.15) is 12.1 Å². The predicted octanol–water partition coefficient (Wildman–Crippen LogP) is 1.74. The minimum Gasteiger partial charge on any atom is -0.399 e. The van der Waals surface area contributed by atoms with Gasteiger partial charge in [-0.3, -0.25) is 4.90 Å². The van der Waals surface area contributed by atoms with Gasteiger partial charge < -0.3 is 10.6 Å². The molecule has 1 unspecified atom stereocenters. The third-order valence-corrected chi connectivity index (χ3v) is 4.19. The van der Waals surface area contributed by atoms with E-state index in [2.05, 4.69) is 33.7 Å². The molecular weight excluding hydrogens is 250 g/mol. The van der Waals surface area contributed by atoms with Crippen LogP contribution in [0.5, 0.6) is 0 Å². The Morgan fingerprint density at radius 1 is 1.30 bits per heavy atom. The summed E-state index contributed by atoms with van der Waals surface area (Å²) in [7, 11) is 2.20. The Bertz CT molecular complexity index is 612. The Labute approximate surface area is 119 Å². The quantitative estimate of drug-likeness (QED) is 0.843. The molecular formula is C15H21N5. The van der Waals surface area contributed by atoms with E-state index in [9.17, 15) is 0 Å². The summed E-state index contributed by atoms with van der Waals surface area (Å²) in [5, 5.41) is 1.08. The molecule has 0 aliphatic carbocycles. The van der Waals surface area contributed by atoms with Crippen LogP contribution < -0.4 is 10.6 Å². The van der Waals surface area contributed by atoms with Crippen molar-refractivity contribution in [1.29, 1.82) is 0 Å². The summed E-state index contributed by atoms with van der Waals surface area (Å²) in [5.41, 5.74) is 7.49. The van der Waals surface area contributed by atoms with Gasteiger partial charge in [0.15, 0.2) is 0 Å². The van der Waals surface area contributed by atoms with Gasteiger partial charge in [-0.1, -0.05) is 6.92 Å². The van der Waals surface area contributed by atoms with E-state index in [-0.39, 0.29) is 0 Å². The molecule has 1 atom stereocenters. The average Bonchev–Trinajstić information content (AvgIpc) is 2.47. The molecule has 5 heteroatoms. The molecule has 1 aromatic heterocycles. The van der Waals surface area contributed by atoms with Gasteiger partial charge in [-0.05, 0) is 31.7 Å². The first-order valence-electron chi connectivity index (χ1n) is 7.14. The molecule has 1 fully saturated rings. The first-order chi connectivity index (χ1) is 9.69. The van der Waals surface area contributed by atoms with Crippen molar-refractivity contribution in [2.45, 2.75) is 19.4 Å². The van der Waals surface area contributed by atoms with Crippen LogP contribution in [0.2, 0.25) is 0 Å². The summed E-state index contributed by atoms with van der Waals surface area (Å²) in [6, 6.07) is 6.44. The highest BCUT2D eigenvalue weighted by Gasteiger charge is 2.24. The molecule has 2 N–H and O–H groups in total. The zero-order chi connectivity index (χ0) is 14.1. The number of nitrogens with zero attached hydrogens (tertiary/aromatic N) is 4. The number of nitrogens with two attached hydrogens (primary N) is 1. The predicted molar refractivity (Wildman–Crippen MR) is 82.9 cm³/mol. The SMILES string of the molecule is CCC1CN(c2ncnc3cc(N)ccc23)CCN1C. The van der Waals surface area contributed by atoms with Crippen molar-refractivity contribution in [2.75, 3.05) is 37.3 Å². The molecule has 1 aromatic carbocycles. The fourth-order valence-corrected chi connectivity index (χ4v) is 2.89. The summed E-state index contributed by atoms with van der Waals surface area (Å²) < 4.78 is 0. The van der Waals surface area contributed by atoms with E-state index in [0.717, 1.165) is 48.5 Å². The molecule has 0 bridgehead atoms. The maximum Gasteiger partial charge on any atom is 0.139 e. The van der Waals surface area contributed by atoms with Crippen molar-refractivity contribution in [3.63, 3.8) is 0 Å². The number of fused-ring (bicyclic) bond motifs is 1. The Balaban J connectivity index is 1.98. The normalized spacial score (nSPS) is 20.5. The molecule has 20 heavy (non-hydrogen) atoms. The van der Waals surface area contributed by atoms with Gasteiger partial charge in [-0.2, -0.15) is 0 Å². The fraction of sp³-hybridized carbons (Fsp3) is 0.467. The Kier molecular flexibility index (Phi) is 3.44. The van der Waals surface area contributed by atoms with Crippen LogP contribution in [0.1, 0.15) is 13.3 Å². The van der Waals surface area contributed by atoms with Gasteiger partial charge in [0.2, 0.25) is 0 Å². The lowest BCUT2D eigenvalue weighted by molar-refractivity contribution is 0.213. The molecule has 3 rings (SSSR count). The van der Waals surface area contributed by atoms with E-state index < -0.39 is 0 Å². The zero-order valence-corrected chi connectivity index (χ0v) is 12.1. The number of hydrogen-bond donors (Lipinski definition) is 1. The topological polar surface area (TPSA) is 58.3 Å². The summed E-state index contributed by atoms with van der Waals surface area (Å²) in [6.07, 6.45) is 2.79. The first-order valence-corrected chi connectivity index (χ1v) is 7.14. The second-order valence-electron chi connectivity index (χ2n) is 5.46. The van der Waals surface area contributed by atoms with E-state index >= 15 is 0 Å². The minimum absolute atomic E-state index is 0.586. The lowest BCUT2D eigenvalue weighted by Crippen LogP contribution is -2.51. The van der Waals surface area contributed by atoms with E-state index in [0.29, 0.717) is 6.04 Å². The van der Waals surface area contributed by atoms with Crippen LogP contribution in [0.25, 0.3) is 10.9 Å². The van der Waals surface area contributed by atoms with Gasteiger partial charge in [-0.25, -0.2) is 9.97 Å². The first kappa shape index (κ1) is 13.1. The number of hydrogen-bond acceptors (Lipinski definition) is 5. The van der Waals surface area contributed by atoms with E-state index in [1.165, 1.54) is 0 Å². The van der Waals surface area contributed by atoms with Crippen LogP contribution >= 0.6 is 0 Å². The second kappa shape index (κ2) is 5.25. The minimum atomic E-state index is 0.586. The number of aromatic nitrogens is 2. The van der Waals surface area contributed by atoms with E-state index in [4.69, 9.17) is 5.73 Å². The number of likely N-dealkylation sites (N-methyl/N-ethyl adjacent to an activating group) is 1. The Morgan fingerprint density at radius 2 is 2.15 bits per heavy atom. The molecule has 0 saturated carbocycles. The van der Waals surface area contributed by atoms with Crippen molar-refractivity contribution in [2.24, 2.45) is 0 Å². The highest BCUT2D eigenvalue weighted by Crippen LogP contribution is 2.26. The highest BCUT2D eigenvalue weighted by atomic mass is 15.3. The van der Waals surface area contributed by atoms with Crippen LogP contribution in [0.15, 0.2) is 24.5 Å². The molecule has 1 aliphatic heterocycles. The van der Waals surface area contributed by atoms with Crippen LogP contribution in [0.3, 0.4) is 0 Å². The molecule has 0 spiro atoms. The van der Waals surface area contributed by atoms with Gasteiger partial charge in [-0.15, -0.1) is 0 Å². The van der Waals surface area contributed by atoms with Crippen molar-refractivity contribution in [1.82, 2.24) is 14.9 Å². The smallest absolute Gasteiger partial charge is 0.139 e. The maximum absolute atomic E-state index is 5.83. The third-order valence-electron chi connectivity index (χ3n) is 4.19. The molecule has 106 valence electrons. The van der Waals surface area contributed by atoms with E-state index in [1.807, 2.05) is 18.2 Å². The zero-order valence-electron chi connectivity index (χ0n) is 12.1. The lowest BCUT2D eigenvalue weighted by atomic mass is 10.1. The molecule has 5 nitrogen and oxygen atoms in total. The summed E-state index contributed by atoms with van der Waals surface area (Å²) >= 11 is 0. The number of benzene rings is 1. The Hall–Kier alpha value is -1.88. The molecule has 0 amide bonds. The monoisotopic (exact) mass is 271 g/mol. The standard InChI is InChI=1S/C15H21N5/c1-3-12-9-20(7-6-19(12)2)15-13-5-4-11(16)8-14(13)17-10-18-15/h4-5,8,10,12H,3,6-7,9,16H2,1-2H3. The van der Waals surface area contributed by atoms with Crippen molar-refractivity contribution in [3.05, 3.63) is 24.5 Å². The summed E-state index contributed by atoms with van der Waals surface area (Å²) in [6.45, 7) is 5.33. The van der Waals surface area contributed by atoms with Gasteiger partial charge in [0, 0.05) is 36.7 Å². The summed E-state index contributed by atoms with van der Waals surface area (Å²) in [5.74, 6) is 1.03. The van der Waals surface area contributed by atoms with Crippen molar-refractivity contribution in [3.8, 4) is 0 Å². The molecule has 1 saturated heterocycles. The van der Waals surface area contributed by atoms with Crippen LogP contribution in [-0.2, 0) is 0 Å². The Morgan fingerprint density at radius 3 is 2.95 bits per heavy atom. The molecule has 2 heterocycles. The van der Waals surface area contributed by atoms with Crippen LogP contribution in [0.4, 0.5) is 11.5 Å². The van der Waals surface area contributed by atoms with Gasteiger partial charge in [0.05, 0.1) is 5.52 Å². The molecule has 0 radical (unpaired) electrons. The lowest BCUT2D eigenvalue weighted by Gasteiger charge is -2.40. The van der Waals surface area contributed by atoms with Crippen LogP contribution in [0, 0.1) is 0 Å². The number of nitrogen functional groups attached to an aromatic ring is 1. The molecule has 2 aromatic rings. The fourth-order valence-electron chi connectivity index (χ4n) is 2.89. The average molecular weight is 271 g/mol. The second-order valence-corrected chi connectivity index (χ2v) is 5.46.